The van der Waals surface area contributed by atoms with Crippen LogP contribution in [0, 0.1) is 0 Å². The van der Waals surface area contributed by atoms with Crippen LogP contribution in [0.15, 0.2) is 34.7 Å². The van der Waals surface area contributed by atoms with Gasteiger partial charge in [0.05, 0.1) is 16.2 Å². The average molecular weight is 434 g/mol. The Morgan fingerprint density at radius 2 is 2.00 bits per heavy atom. The minimum atomic E-state index is -0.896. The summed E-state index contributed by atoms with van der Waals surface area (Å²) in [7, 11) is 1.67. The van der Waals surface area contributed by atoms with Gasteiger partial charge >= 0.3 is 12.0 Å². The van der Waals surface area contributed by atoms with E-state index in [0.29, 0.717) is 16.4 Å². The van der Waals surface area contributed by atoms with Crippen LogP contribution in [0.2, 0.25) is 0 Å². The zero-order valence-electron chi connectivity index (χ0n) is 16.3. The predicted octanol–water partition coefficient (Wildman–Crippen LogP) is 4.53. The van der Waals surface area contributed by atoms with E-state index in [1.807, 2.05) is 6.07 Å². The van der Waals surface area contributed by atoms with Gasteiger partial charge in [-0.3, -0.25) is 19.4 Å². The van der Waals surface area contributed by atoms with Crippen molar-refractivity contribution in [1.82, 2.24) is 4.98 Å². The second kappa shape index (κ2) is 9.41. The summed E-state index contributed by atoms with van der Waals surface area (Å²) in [6, 6.07) is 7.04. The Balaban J connectivity index is 1.86. The number of thioether (sulfide) groups is 1. The third kappa shape index (κ3) is 5.16. The number of nitrogens with zero attached hydrogens (tertiary/aromatic N) is 3. The van der Waals surface area contributed by atoms with Gasteiger partial charge in [-0.1, -0.05) is 36.3 Å². The maximum absolute atomic E-state index is 13.4. The molecule has 7 nitrogen and oxygen atoms in total. The van der Waals surface area contributed by atoms with Crippen molar-refractivity contribution < 1.29 is 19.5 Å². The smallest absolute Gasteiger partial charge is 0.330 e. The SMILES string of the molecule is CC(=O)c1cccc(N(C(=O)N(C)c2ncc(SCC(=O)O)s2)C2CCCC2)c1. The predicted molar refractivity (Wildman–Crippen MR) is 115 cm³/mol. The number of amides is 2. The highest BCUT2D eigenvalue weighted by Crippen LogP contribution is 2.33. The number of thiazole rings is 1. The quantitative estimate of drug-likeness (QED) is 0.510. The molecule has 3 rings (SSSR count). The number of carbonyl (C=O) groups is 3. The second-order valence-electron chi connectivity index (χ2n) is 6.90. The number of benzene rings is 1. The first kappa shape index (κ1) is 21.3. The van der Waals surface area contributed by atoms with Crippen LogP contribution in [0.25, 0.3) is 0 Å². The Bertz CT molecular complexity index is 909. The standard InChI is InChI=1S/C20H23N3O4S2/c1-13(24)14-6-5-9-16(10-14)23(15-7-3-4-8-15)20(27)22(2)19-21-11-18(29-19)28-12-17(25)26/h5-6,9-11,15H,3-4,7-8,12H2,1-2H3,(H,25,26). The maximum atomic E-state index is 13.4. The molecule has 154 valence electrons. The van der Waals surface area contributed by atoms with Crippen LogP contribution in [-0.4, -0.2) is 46.7 Å². The molecule has 1 saturated carbocycles. The first-order valence-corrected chi connectivity index (χ1v) is 11.2. The van der Waals surface area contributed by atoms with E-state index in [4.69, 9.17) is 5.11 Å². The van der Waals surface area contributed by atoms with Gasteiger partial charge in [0.25, 0.3) is 0 Å². The lowest BCUT2D eigenvalue weighted by Gasteiger charge is -2.32. The number of rotatable bonds is 7. The van der Waals surface area contributed by atoms with Crippen LogP contribution in [0.1, 0.15) is 43.0 Å². The number of carboxylic acids is 1. The molecule has 0 unspecified atom stereocenters. The highest BCUT2D eigenvalue weighted by molar-refractivity contribution is 8.01. The van der Waals surface area contributed by atoms with Crippen LogP contribution in [0.4, 0.5) is 15.6 Å². The van der Waals surface area contributed by atoms with Gasteiger partial charge in [0.1, 0.15) is 0 Å². The Morgan fingerprint density at radius 3 is 2.66 bits per heavy atom. The van der Waals surface area contributed by atoms with Crippen molar-refractivity contribution >= 4 is 51.7 Å². The molecule has 0 radical (unpaired) electrons. The lowest BCUT2D eigenvalue weighted by Crippen LogP contribution is -2.46. The highest BCUT2D eigenvalue weighted by Gasteiger charge is 2.31. The van der Waals surface area contributed by atoms with Gasteiger partial charge in [0.2, 0.25) is 0 Å². The number of aromatic nitrogens is 1. The number of hydrogen-bond donors (Lipinski definition) is 1. The van der Waals surface area contributed by atoms with Gasteiger partial charge in [0.15, 0.2) is 10.9 Å². The van der Waals surface area contributed by atoms with E-state index in [2.05, 4.69) is 4.98 Å². The Kier molecular flexibility index (Phi) is 6.92. The molecule has 29 heavy (non-hydrogen) atoms. The minimum absolute atomic E-state index is 0.0425. The number of aliphatic carboxylic acids is 1. The molecule has 0 atom stereocenters. The fraction of sp³-hybridized carbons (Fsp3) is 0.400. The van der Waals surface area contributed by atoms with E-state index < -0.39 is 5.97 Å². The van der Waals surface area contributed by atoms with E-state index >= 15 is 0 Å². The van der Waals surface area contributed by atoms with Gasteiger partial charge in [-0.2, -0.15) is 0 Å². The number of anilines is 2. The van der Waals surface area contributed by atoms with Crippen LogP contribution >= 0.6 is 23.1 Å². The fourth-order valence-electron chi connectivity index (χ4n) is 3.36. The lowest BCUT2D eigenvalue weighted by molar-refractivity contribution is -0.133. The van der Waals surface area contributed by atoms with Crippen molar-refractivity contribution in [2.45, 2.75) is 42.9 Å². The number of carbonyl (C=O) groups excluding carboxylic acids is 2. The molecule has 0 aliphatic heterocycles. The largest absolute Gasteiger partial charge is 0.481 e. The molecule has 9 heteroatoms. The molecule has 1 aromatic heterocycles. The molecular formula is C20H23N3O4S2. The molecule has 2 aromatic rings. The zero-order valence-corrected chi connectivity index (χ0v) is 18.0. The van der Waals surface area contributed by atoms with Crippen molar-refractivity contribution in [3.63, 3.8) is 0 Å². The van der Waals surface area contributed by atoms with Crippen molar-refractivity contribution in [2.24, 2.45) is 0 Å². The summed E-state index contributed by atoms with van der Waals surface area (Å²) >= 11 is 2.47. The van der Waals surface area contributed by atoms with E-state index in [-0.39, 0.29) is 23.6 Å². The van der Waals surface area contributed by atoms with Crippen LogP contribution < -0.4 is 9.80 Å². The monoisotopic (exact) mass is 433 g/mol. The van der Waals surface area contributed by atoms with Gasteiger partial charge in [0, 0.05) is 24.3 Å². The fourth-order valence-corrected chi connectivity index (χ4v) is 5.00. The summed E-state index contributed by atoms with van der Waals surface area (Å²) < 4.78 is 0.744. The van der Waals surface area contributed by atoms with Gasteiger partial charge in [-0.05, 0) is 31.9 Å². The van der Waals surface area contributed by atoms with Gasteiger partial charge in [-0.25, -0.2) is 9.78 Å². The first-order valence-electron chi connectivity index (χ1n) is 9.35. The molecule has 1 aromatic carbocycles. The van der Waals surface area contributed by atoms with Crippen LogP contribution in [-0.2, 0) is 4.79 Å². The third-order valence-electron chi connectivity index (χ3n) is 4.81. The molecule has 0 bridgehead atoms. The van der Waals surface area contributed by atoms with Crippen LogP contribution in [0.5, 0.6) is 0 Å². The summed E-state index contributed by atoms with van der Waals surface area (Å²) in [6.07, 6.45) is 5.56. The summed E-state index contributed by atoms with van der Waals surface area (Å²) in [4.78, 5) is 43.5. The summed E-state index contributed by atoms with van der Waals surface area (Å²) in [5.41, 5.74) is 1.28. The minimum Gasteiger partial charge on any atom is -0.481 e. The number of ketones is 1. The Morgan fingerprint density at radius 1 is 1.28 bits per heavy atom. The molecular weight excluding hydrogens is 410 g/mol. The molecule has 0 saturated heterocycles. The first-order chi connectivity index (χ1) is 13.9. The van der Waals surface area contributed by atoms with Gasteiger partial charge in [-0.15, -0.1) is 11.8 Å². The molecule has 1 fully saturated rings. The Labute approximate surface area is 177 Å². The van der Waals surface area contributed by atoms with E-state index in [1.165, 1.54) is 34.9 Å². The summed E-state index contributed by atoms with van der Waals surface area (Å²) in [5.74, 6) is -0.989. The van der Waals surface area contributed by atoms with E-state index in [1.54, 1.807) is 36.3 Å². The van der Waals surface area contributed by atoms with E-state index in [9.17, 15) is 14.4 Å². The topological polar surface area (TPSA) is 90.8 Å². The number of carboxylic acid groups (broad SMARTS) is 1. The van der Waals surface area contributed by atoms with Crippen molar-refractivity contribution in [1.29, 1.82) is 0 Å². The summed E-state index contributed by atoms with van der Waals surface area (Å²) in [6.45, 7) is 1.51. The van der Waals surface area contributed by atoms with Crippen molar-refractivity contribution in [3.05, 3.63) is 36.0 Å². The highest BCUT2D eigenvalue weighted by atomic mass is 32.2. The second-order valence-corrected chi connectivity index (χ2v) is 9.19. The number of hydrogen-bond acceptors (Lipinski definition) is 6. The maximum Gasteiger partial charge on any atom is 0.330 e. The average Bonchev–Trinajstić information content (AvgIpc) is 3.38. The zero-order chi connectivity index (χ0) is 21.0. The molecule has 1 aliphatic carbocycles. The number of urea groups is 1. The third-order valence-corrected chi connectivity index (χ3v) is 7.06. The van der Waals surface area contributed by atoms with Crippen molar-refractivity contribution in [2.75, 3.05) is 22.6 Å². The summed E-state index contributed by atoms with van der Waals surface area (Å²) in [5, 5.41) is 9.34. The molecule has 1 N–H and O–H groups in total. The molecule has 1 aliphatic rings. The molecule has 2 amide bonds. The molecule has 0 spiro atoms. The van der Waals surface area contributed by atoms with Crippen LogP contribution in [0.3, 0.4) is 0 Å². The van der Waals surface area contributed by atoms with Crippen molar-refractivity contribution in [3.8, 4) is 0 Å². The number of Topliss-reactive ketones (excluding diaryl/α,β-unsaturated/α-hetero) is 1. The lowest BCUT2D eigenvalue weighted by atomic mass is 10.1. The van der Waals surface area contributed by atoms with E-state index in [0.717, 1.165) is 29.9 Å². The van der Waals surface area contributed by atoms with Gasteiger partial charge < -0.3 is 5.11 Å². The Hall–Kier alpha value is -2.39. The normalized spacial score (nSPS) is 14.0. The molecule has 1 heterocycles.